The molecule has 0 bridgehead atoms. The Balaban J connectivity index is 2.83. The van der Waals surface area contributed by atoms with Crippen molar-refractivity contribution in [2.75, 3.05) is 0 Å². The van der Waals surface area contributed by atoms with Gasteiger partial charge in [-0.15, -0.1) is 0 Å². The Labute approximate surface area is 88.3 Å². The van der Waals surface area contributed by atoms with Crippen molar-refractivity contribution < 1.29 is 9.59 Å². The summed E-state index contributed by atoms with van der Waals surface area (Å²) in [6.07, 6.45) is 0.409. The van der Waals surface area contributed by atoms with Gasteiger partial charge in [0.05, 0.1) is 11.6 Å². The number of carbonyl (C=O) groups excluding carboxylic acids is 2. The first-order valence-corrected chi connectivity index (χ1v) is 4.67. The lowest BCUT2D eigenvalue weighted by atomic mass is 10.0. The summed E-state index contributed by atoms with van der Waals surface area (Å²) in [6, 6.07) is 8.59. The van der Waals surface area contributed by atoms with Crippen molar-refractivity contribution in [3.8, 4) is 6.07 Å². The van der Waals surface area contributed by atoms with E-state index in [-0.39, 0.29) is 24.4 Å². The van der Waals surface area contributed by atoms with E-state index in [2.05, 4.69) is 0 Å². The summed E-state index contributed by atoms with van der Waals surface area (Å²) in [6.45, 7) is 1.45. The quantitative estimate of drug-likeness (QED) is 0.701. The van der Waals surface area contributed by atoms with Crippen LogP contribution in [-0.4, -0.2) is 11.6 Å². The van der Waals surface area contributed by atoms with Crippen molar-refractivity contribution in [2.45, 2.75) is 19.8 Å². The van der Waals surface area contributed by atoms with Crippen LogP contribution < -0.4 is 0 Å². The molecule has 1 aromatic rings. The minimum Gasteiger partial charge on any atom is -0.300 e. The standard InChI is InChI=1S/C12H11NO2/c1-9(14)6-7-12(15)11-5-3-2-4-10(11)8-13/h2-5H,6-7H2,1H3. The van der Waals surface area contributed by atoms with Crippen molar-refractivity contribution in [2.24, 2.45) is 0 Å². The van der Waals surface area contributed by atoms with Crippen LogP contribution in [0.15, 0.2) is 24.3 Å². The molecule has 0 unspecified atom stereocenters. The van der Waals surface area contributed by atoms with E-state index < -0.39 is 0 Å². The molecule has 0 saturated carbocycles. The summed E-state index contributed by atoms with van der Waals surface area (Å²) in [4.78, 5) is 22.3. The largest absolute Gasteiger partial charge is 0.300 e. The third kappa shape index (κ3) is 3.03. The Bertz CT molecular complexity index is 429. The molecule has 0 aliphatic rings. The van der Waals surface area contributed by atoms with Gasteiger partial charge in [-0.25, -0.2) is 0 Å². The Morgan fingerprint density at radius 1 is 1.27 bits per heavy atom. The number of carbonyl (C=O) groups is 2. The van der Waals surface area contributed by atoms with Crippen LogP contribution in [0, 0.1) is 11.3 Å². The van der Waals surface area contributed by atoms with E-state index in [0.29, 0.717) is 11.1 Å². The summed E-state index contributed by atoms with van der Waals surface area (Å²) in [5, 5.41) is 8.78. The molecule has 0 heterocycles. The fraction of sp³-hybridized carbons (Fsp3) is 0.250. The molecule has 0 aliphatic carbocycles. The molecular weight excluding hydrogens is 190 g/mol. The second kappa shape index (κ2) is 5.06. The van der Waals surface area contributed by atoms with E-state index in [1.807, 2.05) is 6.07 Å². The van der Waals surface area contributed by atoms with Crippen LogP contribution in [-0.2, 0) is 4.79 Å². The second-order valence-corrected chi connectivity index (χ2v) is 3.28. The molecule has 3 nitrogen and oxygen atoms in total. The molecule has 3 heteroatoms. The minimum atomic E-state index is -0.151. The summed E-state index contributed by atoms with van der Waals surface area (Å²) < 4.78 is 0. The molecule has 0 radical (unpaired) electrons. The number of ketones is 2. The first kappa shape index (κ1) is 11.1. The van der Waals surface area contributed by atoms with E-state index in [1.165, 1.54) is 6.92 Å². The normalized spacial score (nSPS) is 9.33. The third-order valence-corrected chi connectivity index (χ3v) is 2.05. The van der Waals surface area contributed by atoms with Gasteiger partial charge in [0, 0.05) is 18.4 Å². The van der Waals surface area contributed by atoms with Gasteiger partial charge in [0.25, 0.3) is 0 Å². The molecule has 0 fully saturated rings. The molecule has 1 aromatic carbocycles. The number of nitrogens with zero attached hydrogens (tertiary/aromatic N) is 1. The van der Waals surface area contributed by atoms with Crippen molar-refractivity contribution in [3.63, 3.8) is 0 Å². The third-order valence-electron chi connectivity index (χ3n) is 2.05. The number of benzene rings is 1. The number of Topliss-reactive ketones (excluding diaryl/α,β-unsaturated/α-hetero) is 2. The summed E-state index contributed by atoms with van der Waals surface area (Å²) in [5.74, 6) is -0.167. The Kier molecular flexibility index (Phi) is 3.75. The molecule has 0 aromatic heterocycles. The zero-order valence-corrected chi connectivity index (χ0v) is 8.49. The van der Waals surface area contributed by atoms with Gasteiger partial charge in [-0.2, -0.15) is 5.26 Å². The number of rotatable bonds is 4. The van der Waals surface area contributed by atoms with Gasteiger partial charge in [-0.3, -0.25) is 4.79 Å². The smallest absolute Gasteiger partial charge is 0.164 e. The second-order valence-electron chi connectivity index (χ2n) is 3.28. The topological polar surface area (TPSA) is 57.9 Å². The van der Waals surface area contributed by atoms with E-state index in [1.54, 1.807) is 24.3 Å². The lowest BCUT2D eigenvalue weighted by molar-refractivity contribution is -0.116. The summed E-state index contributed by atoms with van der Waals surface area (Å²) in [5.41, 5.74) is 0.771. The molecule has 15 heavy (non-hydrogen) atoms. The van der Waals surface area contributed by atoms with Crippen LogP contribution in [0.25, 0.3) is 0 Å². The highest BCUT2D eigenvalue weighted by Gasteiger charge is 2.10. The van der Waals surface area contributed by atoms with Gasteiger partial charge in [0.1, 0.15) is 5.78 Å². The van der Waals surface area contributed by atoms with Crippen molar-refractivity contribution in [1.82, 2.24) is 0 Å². The number of nitriles is 1. The number of hydrogen-bond acceptors (Lipinski definition) is 3. The van der Waals surface area contributed by atoms with E-state index in [4.69, 9.17) is 5.26 Å². The van der Waals surface area contributed by atoms with Crippen LogP contribution in [0.2, 0.25) is 0 Å². The molecule has 76 valence electrons. The predicted octanol–water partition coefficient (Wildman–Crippen LogP) is 2.11. The van der Waals surface area contributed by atoms with E-state index in [0.717, 1.165) is 0 Å². The Hall–Kier alpha value is -1.95. The highest BCUT2D eigenvalue weighted by molar-refractivity contribution is 5.99. The van der Waals surface area contributed by atoms with Gasteiger partial charge in [-0.1, -0.05) is 18.2 Å². The maximum atomic E-state index is 11.6. The predicted molar refractivity (Wildman–Crippen MR) is 55.4 cm³/mol. The monoisotopic (exact) mass is 201 g/mol. The molecular formula is C12H11NO2. The van der Waals surface area contributed by atoms with Gasteiger partial charge >= 0.3 is 0 Å². The fourth-order valence-electron chi connectivity index (χ4n) is 1.25. The SMILES string of the molecule is CC(=O)CCC(=O)c1ccccc1C#N. The first-order chi connectivity index (χ1) is 7.15. The molecule has 0 atom stereocenters. The summed E-state index contributed by atoms with van der Waals surface area (Å²) >= 11 is 0. The molecule has 0 N–H and O–H groups in total. The average molecular weight is 201 g/mol. The highest BCUT2D eigenvalue weighted by atomic mass is 16.1. The zero-order valence-electron chi connectivity index (χ0n) is 8.49. The van der Waals surface area contributed by atoms with Crippen molar-refractivity contribution >= 4 is 11.6 Å². The number of hydrogen-bond donors (Lipinski definition) is 0. The van der Waals surface area contributed by atoms with Crippen LogP contribution in [0.1, 0.15) is 35.7 Å². The van der Waals surface area contributed by atoms with Crippen molar-refractivity contribution in [3.05, 3.63) is 35.4 Å². The van der Waals surface area contributed by atoms with Crippen LogP contribution >= 0.6 is 0 Å². The van der Waals surface area contributed by atoms with Crippen LogP contribution in [0.4, 0.5) is 0 Å². The molecule has 0 spiro atoms. The molecule has 1 rings (SSSR count). The maximum Gasteiger partial charge on any atom is 0.164 e. The first-order valence-electron chi connectivity index (χ1n) is 4.67. The minimum absolute atomic E-state index is 0.0159. The van der Waals surface area contributed by atoms with Gasteiger partial charge < -0.3 is 4.79 Å². The highest BCUT2D eigenvalue weighted by Crippen LogP contribution is 2.11. The van der Waals surface area contributed by atoms with Crippen molar-refractivity contribution in [1.29, 1.82) is 5.26 Å². The zero-order chi connectivity index (χ0) is 11.3. The van der Waals surface area contributed by atoms with Gasteiger partial charge in [0.2, 0.25) is 0 Å². The van der Waals surface area contributed by atoms with Gasteiger partial charge in [0.15, 0.2) is 5.78 Å². The molecule has 0 amide bonds. The maximum absolute atomic E-state index is 11.6. The summed E-state index contributed by atoms with van der Waals surface area (Å²) in [7, 11) is 0. The molecule has 0 saturated heterocycles. The van der Waals surface area contributed by atoms with Gasteiger partial charge in [-0.05, 0) is 13.0 Å². The lowest BCUT2D eigenvalue weighted by Gasteiger charge is -2.01. The lowest BCUT2D eigenvalue weighted by Crippen LogP contribution is -2.04. The Morgan fingerprint density at radius 2 is 1.93 bits per heavy atom. The van der Waals surface area contributed by atoms with Crippen LogP contribution in [0.5, 0.6) is 0 Å². The van der Waals surface area contributed by atoms with E-state index in [9.17, 15) is 9.59 Å². The Morgan fingerprint density at radius 3 is 2.53 bits per heavy atom. The van der Waals surface area contributed by atoms with Crippen LogP contribution in [0.3, 0.4) is 0 Å². The fourth-order valence-corrected chi connectivity index (χ4v) is 1.25. The molecule has 0 aliphatic heterocycles. The van der Waals surface area contributed by atoms with E-state index >= 15 is 0 Å². The average Bonchev–Trinajstić information content (AvgIpc) is 2.25.